The standard InChI is InChI=1S/C17H16FNO4/c1-11(23-17(21)12-3-5-13(18)6-4-12)16(20)19-14-7-9-15(22-2)10-8-14/h3-11H,1-2H3,(H,19,20)/t11-/m1/s1. The van der Waals surface area contributed by atoms with Crippen molar-refractivity contribution in [1.29, 1.82) is 0 Å². The average Bonchev–Trinajstić information content (AvgIpc) is 2.56. The van der Waals surface area contributed by atoms with E-state index in [4.69, 9.17) is 9.47 Å². The number of amides is 1. The van der Waals surface area contributed by atoms with Crippen LogP contribution in [0.4, 0.5) is 10.1 Å². The minimum atomic E-state index is -0.991. The van der Waals surface area contributed by atoms with Crippen molar-refractivity contribution in [1.82, 2.24) is 0 Å². The molecule has 6 heteroatoms. The maximum absolute atomic E-state index is 12.8. The summed E-state index contributed by atoms with van der Waals surface area (Å²) in [6, 6.07) is 11.6. The predicted molar refractivity (Wildman–Crippen MR) is 82.9 cm³/mol. The number of nitrogens with one attached hydrogen (secondary N) is 1. The first-order valence-corrected chi connectivity index (χ1v) is 6.91. The van der Waals surface area contributed by atoms with Crippen LogP contribution in [0.1, 0.15) is 17.3 Å². The van der Waals surface area contributed by atoms with E-state index >= 15 is 0 Å². The van der Waals surface area contributed by atoms with Crippen LogP contribution >= 0.6 is 0 Å². The number of hydrogen-bond donors (Lipinski definition) is 1. The summed E-state index contributed by atoms with van der Waals surface area (Å²) in [5, 5.41) is 2.63. The van der Waals surface area contributed by atoms with Gasteiger partial charge < -0.3 is 14.8 Å². The molecule has 0 saturated carbocycles. The molecule has 0 aliphatic rings. The summed E-state index contributed by atoms with van der Waals surface area (Å²) >= 11 is 0. The summed E-state index contributed by atoms with van der Waals surface area (Å²) in [6.07, 6.45) is -0.991. The molecule has 23 heavy (non-hydrogen) atoms. The van der Waals surface area contributed by atoms with E-state index in [-0.39, 0.29) is 5.56 Å². The van der Waals surface area contributed by atoms with E-state index in [0.717, 1.165) is 12.1 Å². The van der Waals surface area contributed by atoms with Gasteiger partial charge in [0.2, 0.25) is 0 Å². The molecule has 2 aromatic carbocycles. The Kier molecular flexibility index (Phi) is 5.30. The van der Waals surface area contributed by atoms with Gasteiger partial charge in [0.25, 0.3) is 5.91 Å². The highest BCUT2D eigenvalue weighted by molar-refractivity contribution is 5.97. The Balaban J connectivity index is 1.93. The Labute approximate surface area is 133 Å². The van der Waals surface area contributed by atoms with Crippen molar-refractivity contribution < 1.29 is 23.5 Å². The van der Waals surface area contributed by atoms with Gasteiger partial charge in [-0.05, 0) is 55.5 Å². The van der Waals surface area contributed by atoms with Gasteiger partial charge in [-0.1, -0.05) is 0 Å². The second-order valence-electron chi connectivity index (χ2n) is 4.77. The number of halogens is 1. The highest BCUT2D eigenvalue weighted by Gasteiger charge is 2.19. The predicted octanol–water partition coefficient (Wildman–Crippen LogP) is 3.02. The van der Waals surface area contributed by atoms with E-state index in [1.54, 1.807) is 31.4 Å². The lowest BCUT2D eigenvalue weighted by Gasteiger charge is -2.13. The molecule has 0 aliphatic heterocycles. The van der Waals surface area contributed by atoms with Crippen molar-refractivity contribution in [3.8, 4) is 5.75 Å². The zero-order valence-corrected chi connectivity index (χ0v) is 12.7. The fourth-order valence-corrected chi connectivity index (χ4v) is 1.79. The van der Waals surface area contributed by atoms with Crippen LogP contribution in [-0.4, -0.2) is 25.1 Å². The summed E-state index contributed by atoms with van der Waals surface area (Å²) < 4.78 is 22.9. The maximum atomic E-state index is 12.8. The number of rotatable bonds is 5. The lowest BCUT2D eigenvalue weighted by molar-refractivity contribution is -0.123. The molecule has 0 saturated heterocycles. The van der Waals surface area contributed by atoms with E-state index < -0.39 is 23.8 Å². The molecule has 0 radical (unpaired) electrons. The van der Waals surface area contributed by atoms with Crippen molar-refractivity contribution in [2.45, 2.75) is 13.0 Å². The lowest BCUT2D eigenvalue weighted by atomic mass is 10.2. The van der Waals surface area contributed by atoms with Crippen LogP contribution < -0.4 is 10.1 Å². The van der Waals surface area contributed by atoms with Gasteiger partial charge in [-0.15, -0.1) is 0 Å². The van der Waals surface area contributed by atoms with Crippen molar-refractivity contribution in [3.05, 3.63) is 59.9 Å². The SMILES string of the molecule is COc1ccc(NC(=O)[C@@H](C)OC(=O)c2ccc(F)cc2)cc1. The van der Waals surface area contributed by atoms with E-state index in [2.05, 4.69) is 5.32 Å². The van der Waals surface area contributed by atoms with Crippen LogP contribution in [0.3, 0.4) is 0 Å². The summed E-state index contributed by atoms with van der Waals surface area (Å²) in [6.45, 7) is 1.46. The van der Waals surface area contributed by atoms with Crippen LogP contribution in [0.2, 0.25) is 0 Å². The average molecular weight is 317 g/mol. The number of anilines is 1. The minimum absolute atomic E-state index is 0.176. The Morgan fingerprint density at radius 2 is 1.65 bits per heavy atom. The van der Waals surface area contributed by atoms with Crippen LogP contribution in [-0.2, 0) is 9.53 Å². The molecule has 5 nitrogen and oxygen atoms in total. The number of ether oxygens (including phenoxy) is 2. The zero-order chi connectivity index (χ0) is 16.8. The molecule has 0 spiro atoms. The largest absolute Gasteiger partial charge is 0.497 e. The first kappa shape index (κ1) is 16.5. The fraction of sp³-hybridized carbons (Fsp3) is 0.176. The maximum Gasteiger partial charge on any atom is 0.338 e. The van der Waals surface area contributed by atoms with Crippen LogP contribution in [0, 0.1) is 5.82 Å². The topological polar surface area (TPSA) is 64.6 Å². The molecule has 1 atom stereocenters. The van der Waals surface area contributed by atoms with Gasteiger partial charge in [-0.2, -0.15) is 0 Å². The smallest absolute Gasteiger partial charge is 0.338 e. The number of methoxy groups -OCH3 is 1. The Morgan fingerprint density at radius 3 is 2.22 bits per heavy atom. The molecule has 0 aliphatic carbocycles. The molecule has 0 bridgehead atoms. The Bertz CT molecular complexity index is 683. The van der Waals surface area contributed by atoms with Crippen molar-refractivity contribution in [3.63, 3.8) is 0 Å². The van der Waals surface area contributed by atoms with Gasteiger partial charge in [0.15, 0.2) is 6.10 Å². The van der Waals surface area contributed by atoms with Crippen LogP contribution in [0.5, 0.6) is 5.75 Å². The minimum Gasteiger partial charge on any atom is -0.497 e. The van der Waals surface area contributed by atoms with Gasteiger partial charge in [-0.3, -0.25) is 4.79 Å². The van der Waals surface area contributed by atoms with Gasteiger partial charge >= 0.3 is 5.97 Å². The molecule has 0 unspecified atom stereocenters. The molecule has 0 heterocycles. The zero-order valence-electron chi connectivity index (χ0n) is 12.7. The fourth-order valence-electron chi connectivity index (χ4n) is 1.79. The summed E-state index contributed by atoms with van der Waals surface area (Å²) in [5.41, 5.74) is 0.732. The number of hydrogen-bond acceptors (Lipinski definition) is 4. The van der Waals surface area contributed by atoms with Crippen LogP contribution in [0.15, 0.2) is 48.5 Å². The Morgan fingerprint density at radius 1 is 1.04 bits per heavy atom. The summed E-state index contributed by atoms with van der Waals surface area (Å²) in [5.74, 6) is -0.946. The third-order valence-electron chi connectivity index (χ3n) is 3.09. The lowest BCUT2D eigenvalue weighted by Crippen LogP contribution is -2.30. The number of esters is 1. The van der Waals surface area contributed by atoms with E-state index in [0.29, 0.717) is 11.4 Å². The molecule has 2 aromatic rings. The van der Waals surface area contributed by atoms with Gasteiger partial charge in [0.05, 0.1) is 12.7 Å². The number of carbonyl (C=O) groups is 2. The summed E-state index contributed by atoms with van der Waals surface area (Å²) in [7, 11) is 1.55. The van der Waals surface area contributed by atoms with Gasteiger partial charge in [-0.25, -0.2) is 9.18 Å². The third-order valence-corrected chi connectivity index (χ3v) is 3.09. The quantitative estimate of drug-likeness (QED) is 0.861. The molecule has 2 rings (SSSR count). The van der Waals surface area contributed by atoms with E-state index in [9.17, 15) is 14.0 Å². The Hall–Kier alpha value is -2.89. The van der Waals surface area contributed by atoms with E-state index in [1.165, 1.54) is 19.1 Å². The second-order valence-corrected chi connectivity index (χ2v) is 4.77. The third kappa shape index (κ3) is 4.54. The highest BCUT2D eigenvalue weighted by Crippen LogP contribution is 2.15. The second kappa shape index (κ2) is 7.40. The van der Waals surface area contributed by atoms with Crippen LogP contribution in [0.25, 0.3) is 0 Å². The monoisotopic (exact) mass is 317 g/mol. The number of benzene rings is 2. The molecule has 120 valence electrons. The van der Waals surface area contributed by atoms with Gasteiger partial charge in [0, 0.05) is 5.69 Å². The molecule has 1 amide bonds. The first-order chi connectivity index (χ1) is 11.0. The molecule has 0 fully saturated rings. The molecular formula is C17H16FNO4. The first-order valence-electron chi connectivity index (χ1n) is 6.91. The van der Waals surface area contributed by atoms with E-state index in [1.807, 2.05) is 0 Å². The molecule has 1 N–H and O–H groups in total. The highest BCUT2D eigenvalue weighted by atomic mass is 19.1. The normalized spacial score (nSPS) is 11.4. The van der Waals surface area contributed by atoms with Gasteiger partial charge in [0.1, 0.15) is 11.6 Å². The molecular weight excluding hydrogens is 301 g/mol. The van der Waals surface area contributed by atoms with Crippen molar-refractivity contribution >= 4 is 17.6 Å². The molecule has 0 aromatic heterocycles. The van der Waals surface area contributed by atoms with Crippen molar-refractivity contribution in [2.75, 3.05) is 12.4 Å². The van der Waals surface area contributed by atoms with Crippen molar-refractivity contribution in [2.24, 2.45) is 0 Å². The summed E-state index contributed by atoms with van der Waals surface area (Å²) in [4.78, 5) is 23.9. The number of carbonyl (C=O) groups excluding carboxylic acids is 2.